The van der Waals surface area contributed by atoms with Gasteiger partial charge >= 0.3 is 0 Å². The number of carbonyl (C=O) groups is 2. The first-order chi connectivity index (χ1) is 13.6. The summed E-state index contributed by atoms with van der Waals surface area (Å²) in [5.41, 5.74) is 0.823. The normalized spacial score (nSPS) is 24.0. The second-order valence-corrected chi connectivity index (χ2v) is 11.8. The quantitative estimate of drug-likeness (QED) is 0.709. The molecule has 6 nitrogen and oxygen atoms in total. The highest BCUT2D eigenvalue weighted by atomic mass is 32.2. The van der Waals surface area contributed by atoms with Gasteiger partial charge < -0.3 is 5.32 Å². The van der Waals surface area contributed by atoms with Gasteiger partial charge in [-0.15, -0.1) is 0 Å². The van der Waals surface area contributed by atoms with Crippen LogP contribution in [0.2, 0.25) is 0 Å². The van der Waals surface area contributed by atoms with E-state index in [1.54, 1.807) is 20.8 Å². The zero-order valence-corrected chi connectivity index (χ0v) is 18.3. The second-order valence-electron chi connectivity index (χ2n) is 9.31. The van der Waals surface area contributed by atoms with Gasteiger partial charge in [0.25, 0.3) is 0 Å². The fourth-order valence-electron chi connectivity index (χ4n) is 3.70. The maximum Gasteiger partial charge on any atom is 0.223 e. The van der Waals surface area contributed by atoms with Crippen molar-refractivity contribution in [3.63, 3.8) is 0 Å². The predicted octanol–water partition coefficient (Wildman–Crippen LogP) is 3.10. The van der Waals surface area contributed by atoms with Crippen molar-refractivity contribution < 1.29 is 18.0 Å². The summed E-state index contributed by atoms with van der Waals surface area (Å²) >= 11 is 0. The van der Waals surface area contributed by atoms with Gasteiger partial charge in [0.15, 0.2) is 5.78 Å². The first kappa shape index (κ1) is 22.0. The number of benzene rings is 1. The van der Waals surface area contributed by atoms with E-state index in [-0.39, 0.29) is 29.6 Å². The van der Waals surface area contributed by atoms with Gasteiger partial charge in [-0.1, -0.05) is 30.3 Å². The van der Waals surface area contributed by atoms with Gasteiger partial charge in [0, 0.05) is 17.9 Å². The molecule has 2 aliphatic carbocycles. The molecule has 2 fully saturated rings. The zero-order valence-electron chi connectivity index (χ0n) is 17.5. The van der Waals surface area contributed by atoms with Crippen molar-refractivity contribution in [1.82, 2.24) is 10.0 Å². The van der Waals surface area contributed by atoms with Crippen LogP contribution in [0.5, 0.6) is 0 Å². The standard InChI is InChI=1S/C22H32N2O4S/c1-22(2,3)29(27,28)24-18-13-11-17(12-14-18)21(26)23-19(20(25)16-9-10-16)15-7-5-4-6-8-15/h4-8,16-19,24H,9-14H2,1-3H3,(H,23,26)/t17-,18-,19-/m1/s1. The second kappa shape index (κ2) is 8.56. The third kappa shape index (κ3) is 5.45. The SMILES string of the molecule is CC(C)(C)S(=O)(=O)N[C@H]1CC[C@H](C(=O)N[C@@H](C(=O)C2CC2)c2ccccc2)CC1. The van der Waals surface area contributed by atoms with E-state index >= 15 is 0 Å². The highest BCUT2D eigenvalue weighted by Crippen LogP contribution is 2.35. The van der Waals surface area contributed by atoms with E-state index in [1.807, 2.05) is 30.3 Å². The van der Waals surface area contributed by atoms with Crippen LogP contribution in [0.1, 0.15) is 70.9 Å². The van der Waals surface area contributed by atoms with Crippen LogP contribution in [-0.2, 0) is 19.6 Å². The molecule has 160 valence electrons. The third-order valence-corrected chi connectivity index (χ3v) is 8.17. The molecule has 1 amide bonds. The molecule has 7 heteroatoms. The van der Waals surface area contributed by atoms with E-state index in [1.165, 1.54) is 0 Å². The summed E-state index contributed by atoms with van der Waals surface area (Å²) < 4.78 is 26.6. The van der Waals surface area contributed by atoms with Crippen molar-refractivity contribution >= 4 is 21.7 Å². The molecule has 1 atom stereocenters. The first-order valence-electron chi connectivity index (χ1n) is 10.5. The average Bonchev–Trinajstić information content (AvgIpc) is 3.51. The summed E-state index contributed by atoms with van der Waals surface area (Å²) in [4.78, 5) is 25.6. The maximum atomic E-state index is 12.9. The fraction of sp³-hybridized carbons (Fsp3) is 0.636. The largest absolute Gasteiger partial charge is 0.342 e. The van der Waals surface area contributed by atoms with Crippen LogP contribution < -0.4 is 10.0 Å². The van der Waals surface area contributed by atoms with Crippen LogP contribution in [0.25, 0.3) is 0 Å². The minimum Gasteiger partial charge on any atom is -0.342 e. The summed E-state index contributed by atoms with van der Waals surface area (Å²) in [6.45, 7) is 5.03. The smallest absolute Gasteiger partial charge is 0.223 e. The Labute approximate surface area is 173 Å². The lowest BCUT2D eigenvalue weighted by molar-refractivity contribution is -0.131. The van der Waals surface area contributed by atoms with Gasteiger partial charge in [0.05, 0.1) is 4.75 Å². The predicted molar refractivity (Wildman–Crippen MR) is 113 cm³/mol. The molecule has 3 rings (SSSR count). The van der Waals surface area contributed by atoms with E-state index < -0.39 is 20.8 Å². The third-order valence-electron chi connectivity index (χ3n) is 5.91. The molecule has 0 heterocycles. The number of hydrogen-bond donors (Lipinski definition) is 2. The molecule has 0 spiro atoms. The Morgan fingerprint density at radius 3 is 2.00 bits per heavy atom. The first-order valence-corrected chi connectivity index (χ1v) is 12.0. The van der Waals surface area contributed by atoms with Gasteiger partial charge in [-0.05, 0) is 64.9 Å². The molecular weight excluding hydrogens is 388 g/mol. The van der Waals surface area contributed by atoms with E-state index in [4.69, 9.17) is 0 Å². The minimum absolute atomic E-state index is 0.0584. The Kier molecular flexibility index (Phi) is 6.48. The highest BCUT2D eigenvalue weighted by molar-refractivity contribution is 7.90. The topological polar surface area (TPSA) is 92.3 Å². The van der Waals surface area contributed by atoms with E-state index in [9.17, 15) is 18.0 Å². The lowest BCUT2D eigenvalue weighted by Crippen LogP contribution is -2.47. The molecule has 2 aliphatic rings. The summed E-state index contributed by atoms with van der Waals surface area (Å²) in [5, 5.41) is 2.98. The van der Waals surface area contributed by atoms with Gasteiger partial charge in [-0.25, -0.2) is 13.1 Å². The molecule has 0 bridgehead atoms. The summed E-state index contributed by atoms with van der Waals surface area (Å²) in [6, 6.07) is 8.67. The lowest BCUT2D eigenvalue weighted by Gasteiger charge is -2.31. The number of ketones is 1. The van der Waals surface area contributed by atoms with Crippen molar-refractivity contribution in [1.29, 1.82) is 0 Å². The molecule has 29 heavy (non-hydrogen) atoms. The highest BCUT2D eigenvalue weighted by Gasteiger charge is 2.38. The number of nitrogens with one attached hydrogen (secondary N) is 2. The van der Waals surface area contributed by atoms with Crippen molar-refractivity contribution in [2.45, 2.75) is 76.1 Å². The molecule has 1 aromatic rings. The van der Waals surface area contributed by atoms with Gasteiger partial charge in [0.2, 0.25) is 15.9 Å². The monoisotopic (exact) mass is 420 g/mol. The Morgan fingerprint density at radius 2 is 1.48 bits per heavy atom. The van der Waals surface area contributed by atoms with Gasteiger partial charge in [0.1, 0.15) is 6.04 Å². The van der Waals surface area contributed by atoms with Crippen molar-refractivity contribution in [2.24, 2.45) is 11.8 Å². The van der Waals surface area contributed by atoms with E-state index in [0.29, 0.717) is 25.7 Å². The molecule has 0 saturated heterocycles. The number of Topliss-reactive ketones (excluding diaryl/α,β-unsaturated/α-hetero) is 1. The molecule has 0 radical (unpaired) electrons. The Balaban J connectivity index is 1.59. The van der Waals surface area contributed by atoms with E-state index in [0.717, 1.165) is 18.4 Å². The van der Waals surface area contributed by atoms with Crippen LogP contribution in [0.3, 0.4) is 0 Å². The van der Waals surface area contributed by atoms with Crippen LogP contribution in [0.15, 0.2) is 30.3 Å². The van der Waals surface area contributed by atoms with Crippen LogP contribution in [-0.4, -0.2) is 30.9 Å². The number of amides is 1. The van der Waals surface area contributed by atoms with Crippen LogP contribution >= 0.6 is 0 Å². The Morgan fingerprint density at radius 1 is 0.931 bits per heavy atom. The number of hydrogen-bond acceptors (Lipinski definition) is 4. The molecule has 0 aliphatic heterocycles. The number of carbonyl (C=O) groups excluding carboxylic acids is 2. The summed E-state index contributed by atoms with van der Waals surface area (Å²) in [6.07, 6.45) is 4.28. The van der Waals surface area contributed by atoms with Gasteiger partial charge in [-0.3, -0.25) is 9.59 Å². The molecule has 1 aromatic carbocycles. The molecular formula is C22H32N2O4S. The molecule has 0 unspecified atom stereocenters. The van der Waals surface area contributed by atoms with Crippen molar-refractivity contribution in [2.75, 3.05) is 0 Å². The molecule has 2 N–H and O–H groups in total. The van der Waals surface area contributed by atoms with Crippen molar-refractivity contribution in [3.05, 3.63) is 35.9 Å². The Hall–Kier alpha value is -1.73. The van der Waals surface area contributed by atoms with Crippen molar-refractivity contribution in [3.8, 4) is 0 Å². The van der Waals surface area contributed by atoms with Crippen LogP contribution in [0, 0.1) is 11.8 Å². The zero-order chi connectivity index (χ0) is 21.2. The maximum absolute atomic E-state index is 12.9. The molecule has 2 saturated carbocycles. The number of sulfonamides is 1. The summed E-state index contributed by atoms with van der Waals surface area (Å²) in [7, 11) is -3.40. The minimum atomic E-state index is -3.40. The van der Waals surface area contributed by atoms with Gasteiger partial charge in [-0.2, -0.15) is 0 Å². The summed E-state index contributed by atoms with van der Waals surface area (Å²) in [5.74, 6) is -0.146. The fourth-order valence-corrected chi connectivity index (χ4v) is 4.73. The lowest BCUT2D eigenvalue weighted by atomic mass is 9.85. The van der Waals surface area contributed by atoms with E-state index in [2.05, 4.69) is 10.0 Å². The van der Waals surface area contributed by atoms with Crippen LogP contribution in [0.4, 0.5) is 0 Å². The Bertz CT molecular complexity index is 833. The average molecular weight is 421 g/mol. The molecule has 0 aromatic heterocycles. The number of rotatable bonds is 7.